The lowest BCUT2D eigenvalue weighted by atomic mass is 10.1. The standard InChI is InChI=1S/C23H29ClN4O2/c1-18(19-6-4-3-5-7-19)27-12-14-28(15-13-27)23(30)17-26(2)16-22(29)25-21-10-8-20(24)9-11-21/h3-11,18H,12-17H2,1-2H3,(H,25,29)/t18-/m1/s1. The van der Waals surface area contributed by atoms with Crippen LogP contribution in [0.2, 0.25) is 5.02 Å². The molecule has 6 nitrogen and oxygen atoms in total. The van der Waals surface area contributed by atoms with Crippen LogP contribution in [0.1, 0.15) is 18.5 Å². The van der Waals surface area contributed by atoms with E-state index in [-0.39, 0.29) is 24.9 Å². The van der Waals surface area contributed by atoms with Gasteiger partial charge in [-0.05, 0) is 43.8 Å². The monoisotopic (exact) mass is 428 g/mol. The van der Waals surface area contributed by atoms with Crippen LogP contribution in [0.4, 0.5) is 5.69 Å². The van der Waals surface area contributed by atoms with Crippen molar-refractivity contribution in [3.63, 3.8) is 0 Å². The van der Waals surface area contributed by atoms with Gasteiger partial charge in [-0.15, -0.1) is 0 Å². The van der Waals surface area contributed by atoms with E-state index >= 15 is 0 Å². The number of carbonyl (C=O) groups is 2. The average molecular weight is 429 g/mol. The van der Waals surface area contributed by atoms with Crippen LogP contribution in [0.25, 0.3) is 0 Å². The first-order valence-corrected chi connectivity index (χ1v) is 10.6. The predicted octanol–water partition coefficient (Wildman–Crippen LogP) is 3.12. The van der Waals surface area contributed by atoms with Gasteiger partial charge < -0.3 is 10.2 Å². The number of benzene rings is 2. The third-order valence-corrected chi connectivity index (χ3v) is 5.70. The van der Waals surface area contributed by atoms with Crippen LogP contribution in [-0.2, 0) is 9.59 Å². The van der Waals surface area contributed by atoms with Gasteiger partial charge in [0, 0.05) is 42.9 Å². The number of likely N-dealkylation sites (N-methyl/N-ethyl adjacent to an activating group) is 1. The van der Waals surface area contributed by atoms with Gasteiger partial charge in [0.2, 0.25) is 11.8 Å². The lowest BCUT2D eigenvalue weighted by molar-refractivity contribution is -0.134. The van der Waals surface area contributed by atoms with Crippen LogP contribution in [0.3, 0.4) is 0 Å². The molecule has 3 rings (SSSR count). The van der Waals surface area contributed by atoms with Gasteiger partial charge in [-0.3, -0.25) is 19.4 Å². The summed E-state index contributed by atoms with van der Waals surface area (Å²) in [6.07, 6.45) is 0. The maximum Gasteiger partial charge on any atom is 0.238 e. The van der Waals surface area contributed by atoms with Crippen molar-refractivity contribution in [2.24, 2.45) is 0 Å². The largest absolute Gasteiger partial charge is 0.339 e. The molecule has 0 bridgehead atoms. The van der Waals surface area contributed by atoms with E-state index in [9.17, 15) is 9.59 Å². The van der Waals surface area contributed by atoms with Crippen molar-refractivity contribution in [2.75, 3.05) is 51.6 Å². The molecule has 2 aromatic rings. The number of nitrogens with one attached hydrogen (secondary N) is 1. The van der Waals surface area contributed by atoms with Gasteiger partial charge in [0.1, 0.15) is 0 Å². The van der Waals surface area contributed by atoms with Crippen molar-refractivity contribution >= 4 is 29.1 Å². The highest BCUT2D eigenvalue weighted by Crippen LogP contribution is 2.21. The van der Waals surface area contributed by atoms with E-state index < -0.39 is 0 Å². The molecule has 0 unspecified atom stereocenters. The summed E-state index contributed by atoms with van der Waals surface area (Å²) in [5.41, 5.74) is 1.98. The van der Waals surface area contributed by atoms with Gasteiger partial charge in [0.25, 0.3) is 0 Å². The van der Waals surface area contributed by atoms with Crippen LogP contribution in [0, 0.1) is 0 Å². The number of anilines is 1. The molecule has 1 atom stereocenters. The Hall–Kier alpha value is -2.41. The third kappa shape index (κ3) is 6.29. The highest BCUT2D eigenvalue weighted by molar-refractivity contribution is 6.30. The summed E-state index contributed by atoms with van der Waals surface area (Å²) in [4.78, 5) is 30.9. The minimum absolute atomic E-state index is 0.0591. The van der Waals surface area contributed by atoms with Gasteiger partial charge in [0.05, 0.1) is 13.1 Å². The van der Waals surface area contributed by atoms with E-state index in [2.05, 4.69) is 41.4 Å². The maximum absolute atomic E-state index is 12.7. The maximum atomic E-state index is 12.7. The van der Waals surface area contributed by atoms with Crippen LogP contribution >= 0.6 is 11.6 Å². The Labute approximate surface area is 183 Å². The van der Waals surface area contributed by atoms with Crippen LogP contribution in [-0.4, -0.2) is 72.8 Å². The predicted molar refractivity (Wildman–Crippen MR) is 121 cm³/mol. The van der Waals surface area contributed by atoms with Crippen LogP contribution in [0.5, 0.6) is 0 Å². The van der Waals surface area contributed by atoms with Crippen molar-refractivity contribution in [1.82, 2.24) is 14.7 Å². The lowest BCUT2D eigenvalue weighted by Crippen LogP contribution is -2.51. The summed E-state index contributed by atoms with van der Waals surface area (Å²) in [5, 5.41) is 3.44. The van der Waals surface area contributed by atoms with Crippen LogP contribution in [0.15, 0.2) is 54.6 Å². The molecule has 0 aliphatic carbocycles. The van der Waals surface area contributed by atoms with E-state index in [4.69, 9.17) is 11.6 Å². The van der Waals surface area contributed by atoms with E-state index in [0.29, 0.717) is 29.8 Å². The summed E-state index contributed by atoms with van der Waals surface area (Å²) < 4.78 is 0. The normalized spacial score (nSPS) is 15.8. The molecular formula is C23H29ClN4O2. The molecule has 0 saturated carbocycles. The van der Waals surface area contributed by atoms with E-state index in [0.717, 1.165) is 13.1 Å². The fourth-order valence-electron chi connectivity index (χ4n) is 3.67. The fourth-order valence-corrected chi connectivity index (χ4v) is 3.79. The highest BCUT2D eigenvalue weighted by atomic mass is 35.5. The van der Waals surface area contributed by atoms with Crippen molar-refractivity contribution < 1.29 is 9.59 Å². The van der Waals surface area contributed by atoms with E-state index in [1.807, 2.05) is 11.0 Å². The molecule has 1 aliphatic rings. The molecule has 1 heterocycles. The van der Waals surface area contributed by atoms with Crippen molar-refractivity contribution in [2.45, 2.75) is 13.0 Å². The van der Waals surface area contributed by atoms with Crippen molar-refractivity contribution in [1.29, 1.82) is 0 Å². The summed E-state index contributed by atoms with van der Waals surface area (Å²) >= 11 is 5.85. The zero-order valence-corrected chi connectivity index (χ0v) is 18.3. The van der Waals surface area contributed by atoms with Gasteiger partial charge in [-0.2, -0.15) is 0 Å². The first-order valence-electron chi connectivity index (χ1n) is 10.2. The highest BCUT2D eigenvalue weighted by Gasteiger charge is 2.25. The van der Waals surface area contributed by atoms with Crippen molar-refractivity contribution in [3.8, 4) is 0 Å². The van der Waals surface area contributed by atoms with E-state index in [1.165, 1.54) is 5.56 Å². The number of piperazine rings is 1. The SMILES string of the molecule is C[C@H](c1ccccc1)N1CCN(C(=O)CN(C)CC(=O)Nc2ccc(Cl)cc2)CC1. The van der Waals surface area contributed by atoms with Crippen molar-refractivity contribution in [3.05, 3.63) is 65.2 Å². The van der Waals surface area contributed by atoms with E-state index in [1.54, 1.807) is 36.2 Å². The molecule has 160 valence electrons. The quantitative estimate of drug-likeness (QED) is 0.736. The molecule has 1 N–H and O–H groups in total. The second-order valence-corrected chi connectivity index (χ2v) is 8.17. The Morgan fingerprint density at radius 3 is 2.27 bits per heavy atom. The Morgan fingerprint density at radius 2 is 1.63 bits per heavy atom. The molecule has 1 aliphatic heterocycles. The summed E-state index contributed by atoms with van der Waals surface area (Å²) in [7, 11) is 1.78. The summed E-state index contributed by atoms with van der Waals surface area (Å²) in [5.74, 6) is -0.0991. The fraction of sp³-hybridized carbons (Fsp3) is 0.391. The molecule has 1 saturated heterocycles. The topological polar surface area (TPSA) is 55.9 Å². The third-order valence-electron chi connectivity index (χ3n) is 5.44. The molecule has 2 amide bonds. The molecule has 0 aromatic heterocycles. The minimum Gasteiger partial charge on any atom is -0.339 e. The Bertz CT molecular complexity index is 836. The molecular weight excluding hydrogens is 400 g/mol. The first-order chi connectivity index (χ1) is 14.4. The Balaban J connectivity index is 1.41. The molecule has 0 spiro atoms. The molecule has 0 radical (unpaired) electrons. The number of nitrogens with zero attached hydrogens (tertiary/aromatic N) is 3. The smallest absolute Gasteiger partial charge is 0.238 e. The summed E-state index contributed by atoms with van der Waals surface area (Å²) in [6.45, 7) is 5.70. The number of amides is 2. The van der Waals surface area contributed by atoms with Gasteiger partial charge >= 0.3 is 0 Å². The Kier molecular flexibility index (Phi) is 7.85. The van der Waals surface area contributed by atoms with Gasteiger partial charge in [-0.1, -0.05) is 41.9 Å². The number of hydrogen-bond acceptors (Lipinski definition) is 4. The first kappa shape index (κ1) is 22.3. The number of halogens is 1. The van der Waals surface area contributed by atoms with Gasteiger partial charge in [-0.25, -0.2) is 0 Å². The second kappa shape index (κ2) is 10.6. The number of rotatable bonds is 7. The molecule has 30 heavy (non-hydrogen) atoms. The van der Waals surface area contributed by atoms with Gasteiger partial charge in [0.15, 0.2) is 0 Å². The summed E-state index contributed by atoms with van der Waals surface area (Å²) in [6, 6.07) is 17.7. The number of hydrogen-bond donors (Lipinski definition) is 1. The molecule has 1 fully saturated rings. The molecule has 2 aromatic carbocycles. The average Bonchev–Trinajstić information content (AvgIpc) is 2.75. The second-order valence-electron chi connectivity index (χ2n) is 7.73. The lowest BCUT2D eigenvalue weighted by Gasteiger charge is -2.38. The van der Waals surface area contributed by atoms with Crippen LogP contribution < -0.4 is 5.32 Å². The number of carbonyl (C=O) groups excluding carboxylic acids is 2. The zero-order chi connectivity index (χ0) is 21.5. The Morgan fingerprint density at radius 1 is 1.00 bits per heavy atom. The zero-order valence-electron chi connectivity index (χ0n) is 17.6. The minimum atomic E-state index is -0.158. The molecule has 7 heteroatoms.